The van der Waals surface area contributed by atoms with Gasteiger partial charge in [-0.15, -0.1) is 0 Å². The Morgan fingerprint density at radius 3 is 2.47 bits per heavy atom. The third-order valence-corrected chi connectivity index (χ3v) is 5.13. The summed E-state index contributed by atoms with van der Waals surface area (Å²) in [4.78, 5) is 47.6. The maximum atomic E-state index is 12.0. The van der Waals surface area contributed by atoms with Gasteiger partial charge in [0.2, 0.25) is 5.91 Å². The molecule has 2 rings (SSSR count). The van der Waals surface area contributed by atoms with Gasteiger partial charge in [-0.1, -0.05) is 46.6 Å². The zero-order valence-corrected chi connectivity index (χ0v) is 19.7. The quantitative estimate of drug-likeness (QED) is 0.341. The summed E-state index contributed by atoms with van der Waals surface area (Å²) in [5, 5.41) is 2.97. The number of aryl methyl sites for hydroxylation is 1. The summed E-state index contributed by atoms with van der Waals surface area (Å²) in [6.07, 6.45) is 0.872. The summed E-state index contributed by atoms with van der Waals surface area (Å²) in [7, 11) is 0. The molecule has 2 aromatic carbocycles. The molecule has 0 spiro atoms. The minimum Gasteiger partial charge on any atom is -0.456 e. The molecule has 0 heterocycles. The molecule has 0 aliphatic rings. The minimum atomic E-state index is -0.598. The topological polar surface area (TPSA) is 114 Å². The molecule has 0 bridgehead atoms. The van der Waals surface area contributed by atoms with Crippen molar-refractivity contribution in [3.8, 4) is 0 Å². The number of halogens is 2. The van der Waals surface area contributed by atoms with Crippen molar-refractivity contribution in [1.82, 2.24) is 10.9 Å². The van der Waals surface area contributed by atoms with Crippen LogP contribution in [0.4, 0.5) is 5.69 Å². The Hall–Kier alpha value is -2.91. The Morgan fingerprint density at radius 2 is 1.75 bits per heavy atom. The van der Waals surface area contributed by atoms with Gasteiger partial charge in [0.05, 0.1) is 10.6 Å². The van der Waals surface area contributed by atoms with Gasteiger partial charge in [0.25, 0.3) is 11.8 Å². The van der Waals surface area contributed by atoms with Crippen LogP contribution < -0.4 is 16.2 Å². The van der Waals surface area contributed by atoms with Crippen LogP contribution in [0.1, 0.15) is 42.1 Å². The Balaban J connectivity index is 1.64. The molecule has 8 nitrogen and oxygen atoms in total. The predicted molar refractivity (Wildman–Crippen MR) is 124 cm³/mol. The van der Waals surface area contributed by atoms with Crippen LogP contribution in [0.2, 0.25) is 5.02 Å². The number of nitrogens with one attached hydrogen (secondary N) is 3. The molecule has 0 aliphatic heterocycles. The first-order chi connectivity index (χ1) is 15.3. The van der Waals surface area contributed by atoms with E-state index in [0.29, 0.717) is 5.69 Å². The zero-order chi connectivity index (χ0) is 23.5. The standard InChI is InChI=1S/C22H23BrClN3O5/c1-2-14-12-15(23)10-11-18(14)25-20(29)13-32-21(30)9-5-8-19(28)26-27-22(31)16-6-3-4-7-17(16)24/h3-4,6-7,10-12H,2,5,8-9,13H2,1H3,(H,25,29)(H,26,28)(H,27,31). The number of hydrogen-bond acceptors (Lipinski definition) is 5. The van der Waals surface area contributed by atoms with E-state index in [1.807, 2.05) is 19.1 Å². The minimum absolute atomic E-state index is 0.0111. The fourth-order valence-corrected chi connectivity index (χ4v) is 3.31. The van der Waals surface area contributed by atoms with Crippen molar-refractivity contribution in [3.63, 3.8) is 0 Å². The molecule has 170 valence electrons. The fraction of sp³-hybridized carbons (Fsp3) is 0.273. The van der Waals surface area contributed by atoms with Crippen molar-refractivity contribution < 1.29 is 23.9 Å². The van der Waals surface area contributed by atoms with Gasteiger partial charge in [-0.2, -0.15) is 0 Å². The molecule has 0 aromatic heterocycles. The molecule has 32 heavy (non-hydrogen) atoms. The number of carbonyl (C=O) groups excluding carboxylic acids is 4. The molecule has 0 saturated carbocycles. The number of amides is 3. The summed E-state index contributed by atoms with van der Waals surface area (Å²) in [6.45, 7) is 1.55. The summed E-state index contributed by atoms with van der Waals surface area (Å²) >= 11 is 9.30. The summed E-state index contributed by atoms with van der Waals surface area (Å²) < 4.78 is 5.86. The number of benzene rings is 2. The van der Waals surface area contributed by atoms with Crippen LogP contribution in [0, 0.1) is 0 Å². The number of esters is 1. The van der Waals surface area contributed by atoms with Crippen molar-refractivity contribution in [2.75, 3.05) is 11.9 Å². The molecular weight excluding hydrogens is 502 g/mol. The highest BCUT2D eigenvalue weighted by molar-refractivity contribution is 9.10. The average molecular weight is 525 g/mol. The van der Waals surface area contributed by atoms with Gasteiger partial charge in [-0.25, -0.2) is 0 Å². The summed E-state index contributed by atoms with van der Waals surface area (Å²) in [6, 6.07) is 11.9. The fourth-order valence-electron chi connectivity index (χ4n) is 2.68. The van der Waals surface area contributed by atoms with E-state index in [1.165, 1.54) is 6.07 Å². The third kappa shape index (κ3) is 8.32. The summed E-state index contributed by atoms with van der Waals surface area (Å²) in [5.74, 6) is -2.07. The largest absolute Gasteiger partial charge is 0.456 e. The molecule has 0 radical (unpaired) electrons. The first-order valence-electron chi connectivity index (χ1n) is 9.87. The van der Waals surface area contributed by atoms with E-state index in [-0.39, 0.29) is 29.8 Å². The smallest absolute Gasteiger partial charge is 0.306 e. The number of hydrazine groups is 1. The first kappa shape index (κ1) is 25.4. The summed E-state index contributed by atoms with van der Waals surface area (Å²) in [5.41, 5.74) is 6.35. The Morgan fingerprint density at radius 1 is 1.00 bits per heavy atom. The van der Waals surface area contributed by atoms with Crippen molar-refractivity contribution in [2.24, 2.45) is 0 Å². The Kier molecular flexibility index (Phi) is 10.2. The molecule has 0 unspecified atom stereocenters. The lowest BCUT2D eigenvalue weighted by Crippen LogP contribution is -2.41. The molecule has 3 amide bonds. The highest BCUT2D eigenvalue weighted by Crippen LogP contribution is 2.21. The Bertz CT molecular complexity index is 999. The van der Waals surface area contributed by atoms with Gasteiger partial charge < -0.3 is 10.1 Å². The van der Waals surface area contributed by atoms with E-state index < -0.39 is 30.3 Å². The van der Waals surface area contributed by atoms with Crippen LogP contribution in [-0.4, -0.2) is 30.3 Å². The SMILES string of the molecule is CCc1cc(Br)ccc1NC(=O)COC(=O)CCCC(=O)NNC(=O)c1ccccc1Cl. The number of anilines is 1. The Labute approximate surface area is 199 Å². The average Bonchev–Trinajstić information content (AvgIpc) is 2.77. The van der Waals surface area contributed by atoms with Crippen LogP contribution in [0.15, 0.2) is 46.9 Å². The molecule has 3 N–H and O–H groups in total. The molecule has 2 aromatic rings. The maximum Gasteiger partial charge on any atom is 0.306 e. The second-order valence-electron chi connectivity index (χ2n) is 6.70. The van der Waals surface area contributed by atoms with Gasteiger partial charge in [0, 0.05) is 23.0 Å². The van der Waals surface area contributed by atoms with Crippen LogP contribution >= 0.6 is 27.5 Å². The highest BCUT2D eigenvalue weighted by Gasteiger charge is 2.13. The zero-order valence-electron chi connectivity index (χ0n) is 17.4. The van der Waals surface area contributed by atoms with Crippen molar-refractivity contribution >= 4 is 56.9 Å². The number of hydrogen-bond donors (Lipinski definition) is 3. The van der Waals surface area contributed by atoms with E-state index in [1.54, 1.807) is 24.3 Å². The second-order valence-corrected chi connectivity index (χ2v) is 8.02. The highest BCUT2D eigenvalue weighted by atomic mass is 79.9. The number of ether oxygens (including phenoxy) is 1. The molecule has 0 saturated heterocycles. The van der Waals surface area contributed by atoms with Crippen molar-refractivity contribution in [3.05, 3.63) is 63.1 Å². The molecule has 10 heteroatoms. The lowest BCUT2D eigenvalue weighted by molar-refractivity contribution is -0.147. The van der Waals surface area contributed by atoms with Gasteiger partial charge in [0.1, 0.15) is 0 Å². The van der Waals surface area contributed by atoms with E-state index in [9.17, 15) is 19.2 Å². The van der Waals surface area contributed by atoms with Crippen LogP contribution in [0.25, 0.3) is 0 Å². The van der Waals surface area contributed by atoms with Gasteiger partial charge in [-0.3, -0.25) is 30.0 Å². The molecule has 0 aliphatic carbocycles. The van der Waals surface area contributed by atoms with Crippen molar-refractivity contribution in [2.45, 2.75) is 32.6 Å². The lowest BCUT2D eigenvalue weighted by Gasteiger charge is -2.11. The lowest BCUT2D eigenvalue weighted by atomic mass is 10.1. The molecule has 0 atom stereocenters. The van der Waals surface area contributed by atoms with Crippen LogP contribution in [-0.2, 0) is 25.5 Å². The predicted octanol–water partition coefficient (Wildman–Crippen LogP) is 3.78. The van der Waals surface area contributed by atoms with E-state index in [0.717, 1.165) is 16.5 Å². The second kappa shape index (κ2) is 12.8. The van der Waals surface area contributed by atoms with Gasteiger partial charge >= 0.3 is 5.97 Å². The van der Waals surface area contributed by atoms with E-state index in [2.05, 4.69) is 32.1 Å². The van der Waals surface area contributed by atoms with E-state index in [4.69, 9.17) is 16.3 Å². The van der Waals surface area contributed by atoms with Crippen LogP contribution in [0.3, 0.4) is 0 Å². The van der Waals surface area contributed by atoms with Crippen molar-refractivity contribution in [1.29, 1.82) is 0 Å². The van der Waals surface area contributed by atoms with Gasteiger partial charge in [-0.05, 0) is 48.7 Å². The normalized spacial score (nSPS) is 10.2. The monoisotopic (exact) mass is 523 g/mol. The van der Waals surface area contributed by atoms with E-state index >= 15 is 0 Å². The number of carbonyl (C=O) groups is 4. The first-order valence-corrected chi connectivity index (χ1v) is 11.0. The number of rotatable bonds is 9. The molecular formula is C22H23BrClN3O5. The van der Waals surface area contributed by atoms with Gasteiger partial charge in [0.15, 0.2) is 6.61 Å². The third-order valence-electron chi connectivity index (χ3n) is 4.31. The maximum absolute atomic E-state index is 12.0. The van der Waals surface area contributed by atoms with Crippen LogP contribution in [0.5, 0.6) is 0 Å². The molecule has 0 fully saturated rings.